The van der Waals surface area contributed by atoms with Gasteiger partial charge < -0.3 is 14.7 Å². The summed E-state index contributed by atoms with van der Waals surface area (Å²) in [5.41, 5.74) is 1.13. The van der Waals surface area contributed by atoms with Gasteiger partial charge in [0.05, 0.1) is 29.3 Å². The SMILES string of the molecule is O=C(O)c1ccc2c(c1)C(=O)CC1(CCN(C(=O)c3ccc4cn[nH]c4c3)CC1)O2. The van der Waals surface area contributed by atoms with Crippen LogP contribution in [0, 0.1) is 0 Å². The van der Waals surface area contributed by atoms with E-state index >= 15 is 0 Å². The van der Waals surface area contributed by atoms with E-state index in [0.717, 1.165) is 10.9 Å². The maximum absolute atomic E-state index is 12.9. The highest BCUT2D eigenvalue weighted by Gasteiger charge is 2.44. The molecule has 0 saturated carbocycles. The van der Waals surface area contributed by atoms with Crippen LogP contribution in [0.2, 0.25) is 0 Å². The van der Waals surface area contributed by atoms with Crippen LogP contribution in [-0.2, 0) is 0 Å². The Labute approximate surface area is 171 Å². The number of hydrogen-bond donors (Lipinski definition) is 2. The molecule has 8 heteroatoms. The van der Waals surface area contributed by atoms with E-state index in [2.05, 4.69) is 10.2 Å². The van der Waals surface area contributed by atoms with Crippen molar-refractivity contribution in [2.24, 2.45) is 0 Å². The zero-order valence-corrected chi connectivity index (χ0v) is 16.1. The van der Waals surface area contributed by atoms with Crippen LogP contribution in [0.3, 0.4) is 0 Å². The molecule has 3 aromatic rings. The number of nitrogens with zero attached hydrogens (tertiary/aromatic N) is 2. The first kappa shape index (κ1) is 18.4. The number of nitrogens with one attached hydrogen (secondary N) is 1. The fourth-order valence-electron chi connectivity index (χ4n) is 4.28. The van der Waals surface area contributed by atoms with E-state index in [1.54, 1.807) is 29.3 Å². The number of amides is 1. The molecule has 30 heavy (non-hydrogen) atoms. The molecule has 8 nitrogen and oxygen atoms in total. The third kappa shape index (κ3) is 3.01. The molecule has 5 rings (SSSR count). The first-order chi connectivity index (χ1) is 14.4. The minimum Gasteiger partial charge on any atom is -0.486 e. The number of Topliss-reactive ketones (excluding diaryl/α,β-unsaturated/α-hetero) is 1. The number of H-pyrrole nitrogens is 1. The summed E-state index contributed by atoms with van der Waals surface area (Å²) in [6.07, 6.45) is 2.97. The molecule has 0 bridgehead atoms. The summed E-state index contributed by atoms with van der Waals surface area (Å²) in [6.45, 7) is 0.964. The molecule has 1 amide bonds. The molecular formula is C22H19N3O5. The molecule has 1 saturated heterocycles. The lowest BCUT2D eigenvalue weighted by molar-refractivity contribution is -0.00570. The zero-order valence-electron chi connectivity index (χ0n) is 16.1. The quantitative estimate of drug-likeness (QED) is 0.678. The topological polar surface area (TPSA) is 113 Å². The van der Waals surface area contributed by atoms with Crippen LogP contribution in [0.5, 0.6) is 5.75 Å². The van der Waals surface area contributed by atoms with E-state index in [1.807, 2.05) is 6.07 Å². The van der Waals surface area contributed by atoms with E-state index in [4.69, 9.17) is 9.84 Å². The van der Waals surface area contributed by atoms with Gasteiger partial charge in [0.2, 0.25) is 0 Å². The summed E-state index contributed by atoms with van der Waals surface area (Å²) in [5.74, 6) is -0.842. The Bertz CT molecular complexity index is 1190. The molecule has 1 aromatic heterocycles. The van der Waals surface area contributed by atoms with Crippen LogP contribution >= 0.6 is 0 Å². The fraction of sp³-hybridized carbons (Fsp3) is 0.273. The van der Waals surface area contributed by atoms with Gasteiger partial charge >= 0.3 is 5.97 Å². The van der Waals surface area contributed by atoms with Crippen molar-refractivity contribution in [2.75, 3.05) is 13.1 Å². The number of rotatable bonds is 2. The number of aromatic carboxylic acids is 1. The molecule has 1 fully saturated rings. The monoisotopic (exact) mass is 405 g/mol. The number of fused-ring (bicyclic) bond motifs is 2. The van der Waals surface area contributed by atoms with E-state index < -0.39 is 11.6 Å². The summed E-state index contributed by atoms with van der Waals surface area (Å²) in [6, 6.07) is 9.82. The van der Waals surface area contributed by atoms with E-state index in [9.17, 15) is 14.4 Å². The van der Waals surface area contributed by atoms with Crippen molar-refractivity contribution < 1.29 is 24.2 Å². The third-order valence-corrected chi connectivity index (χ3v) is 5.99. The number of piperidine rings is 1. The number of carbonyl (C=O) groups is 3. The molecule has 0 unspecified atom stereocenters. The molecule has 2 aliphatic rings. The van der Waals surface area contributed by atoms with Crippen LogP contribution in [0.25, 0.3) is 10.9 Å². The van der Waals surface area contributed by atoms with Gasteiger partial charge in [0.1, 0.15) is 11.4 Å². The molecule has 2 aromatic carbocycles. The summed E-state index contributed by atoms with van der Waals surface area (Å²) in [4.78, 5) is 38.6. The molecular weight excluding hydrogens is 386 g/mol. The van der Waals surface area contributed by atoms with Crippen LogP contribution in [0.1, 0.15) is 50.3 Å². The van der Waals surface area contributed by atoms with Crippen LogP contribution in [-0.4, -0.2) is 56.6 Å². The number of carboxylic acid groups (broad SMARTS) is 1. The number of ether oxygens (including phenoxy) is 1. The zero-order chi connectivity index (χ0) is 20.9. The number of carbonyl (C=O) groups excluding carboxylic acids is 2. The predicted molar refractivity (Wildman–Crippen MR) is 107 cm³/mol. The number of benzene rings is 2. The summed E-state index contributed by atoms with van der Waals surface area (Å²) in [5, 5.41) is 16.9. The molecule has 2 N–H and O–H groups in total. The molecule has 3 heterocycles. The van der Waals surface area contributed by atoms with Crippen molar-refractivity contribution in [3.8, 4) is 5.75 Å². The average molecular weight is 405 g/mol. The largest absolute Gasteiger partial charge is 0.486 e. The van der Waals surface area contributed by atoms with Crippen molar-refractivity contribution in [3.63, 3.8) is 0 Å². The Morgan fingerprint density at radius 3 is 2.63 bits per heavy atom. The highest BCUT2D eigenvalue weighted by molar-refractivity contribution is 6.02. The first-order valence-corrected chi connectivity index (χ1v) is 9.76. The maximum atomic E-state index is 12.9. The molecule has 0 atom stereocenters. The number of ketones is 1. The lowest BCUT2D eigenvalue weighted by Crippen LogP contribution is -2.52. The number of aromatic amines is 1. The molecule has 0 radical (unpaired) electrons. The smallest absolute Gasteiger partial charge is 0.335 e. The van der Waals surface area contributed by atoms with Gasteiger partial charge in [-0.1, -0.05) is 6.07 Å². The van der Waals surface area contributed by atoms with Crippen LogP contribution < -0.4 is 4.74 Å². The van der Waals surface area contributed by atoms with Gasteiger partial charge in [-0.25, -0.2) is 4.79 Å². The highest BCUT2D eigenvalue weighted by atomic mass is 16.5. The molecule has 0 aliphatic carbocycles. The number of aromatic nitrogens is 2. The van der Waals surface area contributed by atoms with Crippen molar-refractivity contribution >= 4 is 28.6 Å². The van der Waals surface area contributed by atoms with Crippen LogP contribution in [0.15, 0.2) is 42.6 Å². The van der Waals surface area contributed by atoms with Crippen molar-refractivity contribution in [1.29, 1.82) is 0 Å². The molecule has 152 valence electrons. The number of likely N-dealkylation sites (tertiary alicyclic amines) is 1. The second-order valence-corrected chi connectivity index (χ2v) is 7.87. The number of carboxylic acids is 1. The van der Waals surface area contributed by atoms with E-state index in [0.29, 0.717) is 42.8 Å². The van der Waals surface area contributed by atoms with Crippen molar-refractivity contribution in [1.82, 2.24) is 15.1 Å². The number of hydrogen-bond acceptors (Lipinski definition) is 5. The lowest BCUT2D eigenvalue weighted by atomic mass is 9.82. The molecule has 1 spiro atoms. The summed E-state index contributed by atoms with van der Waals surface area (Å²) in [7, 11) is 0. The first-order valence-electron chi connectivity index (χ1n) is 9.76. The van der Waals surface area contributed by atoms with Gasteiger partial charge in [0.15, 0.2) is 5.78 Å². The van der Waals surface area contributed by atoms with Crippen molar-refractivity contribution in [2.45, 2.75) is 24.9 Å². The predicted octanol–water partition coefficient (Wildman–Crippen LogP) is 2.90. The normalized spacial score (nSPS) is 17.6. The van der Waals surface area contributed by atoms with Crippen molar-refractivity contribution in [3.05, 3.63) is 59.3 Å². The Kier molecular flexibility index (Phi) is 4.09. The Morgan fingerprint density at radius 1 is 1.10 bits per heavy atom. The summed E-state index contributed by atoms with van der Waals surface area (Å²) < 4.78 is 6.18. The Hall–Kier alpha value is -3.68. The van der Waals surface area contributed by atoms with Gasteiger partial charge in [-0.15, -0.1) is 0 Å². The van der Waals surface area contributed by atoms with E-state index in [-0.39, 0.29) is 23.7 Å². The van der Waals surface area contributed by atoms with Gasteiger partial charge in [-0.3, -0.25) is 14.7 Å². The van der Waals surface area contributed by atoms with Gasteiger partial charge in [0.25, 0.3) is 5.91 Å². The van der Waals surface area contributed by atoms with E-state index in [1.165, 1.54) is 12.1 Å². The van der Waals surface area contributed by atoms with Crippen LogP contribution in [0.4, 0.5) is 0 Å². The minimum absolute atomic E-state index is 0.0602. The second-order valence-electron chi connectivity index (χ2n) is 7.87. The molecule has 2 aliphatic heterocycles. The van der Waals surface area contributed by atoms with Gasteiger partial charge in [0, 0.05) is 36.9 Å². The average Bonchev–Trinajstić information content (AvgIpc) is 3.21. The Balaban J connectivity index is 1.32. The van der Waals surface area contributed by atoms with Gasteiger partial charge in [-0.05, 0) is 30.3 Å². The minimum atomic E-state index is -1.08. The summed E-state index contributed by atoms with van der Waals surface area (Å²) >= 11 is 0. The standard InChI is InChI=1S/C22H19N3O5/c26-18-11-22(30-19-4-3-14(21(28)29)9-16(18)19)5-7-25(8-6-22)20(27)13-1-2-15-12-23-24-17(15)10-13/h1-4,9-10,12H,5-8,11H2,(H,23,24)(H,28,29). The second kappa shape index (κ2) is 6.69. The van der Waals surface area contributed by atoms with Gasteiger partial charge in [-0.2, -0.15) is 5.10 Å². The lowest BCUT2D eigenvalue weighted by Gasteiger charge is -2.44. The maximum Gasteiger partial charge on any atom is 0.335 e. The Morgan fingerprint density at radius 2 is 1.87 bits per heavy atom. The highest BCUT2D eigenvalue weighted by Crippen LogP contribution is 2.40. The fourth-order valence-corrected chi connectivity index (χ4v) is 4.28. The third-order valence-electron chi connectivity index (χ3n) is 5.99.